The normalized spacial score (nSPS) is 14.1. The van der Waals surface area contributed by atoms with Crippen molar-refractivity contribution in [1.29, 1.82) is 0 Å². The van der Waals surface area contributed by atoms with E-state index in [0.29, 0.717) is 11.3 Å². The van der Waals surface area contributed by atoms with E-state index in [1.54, 1.807) is 6.20 Å². The molecule has 0 radical (unpaired) electrons. The molecule has 1 fully saturated rings. The molecule has 0 atom stereocenters. The number of carbonyl (C=O) groups is 1. The number of hydrogen-bond acceptors (Lipinski definition) is 4. The number of aryl methyl sites for hydroxylation is 1. The lowest BCUT2D eigenvalue weighted by molar-refractivity contribution is 0.102. The molecule has 0 bridgehead atoms. The van der Waals surface area contributed by atoms with Crippen LogP contribution in [0.1, 0.15) is 27.3 Å². The maximum Gasteiger partial charge on any atom is 0.257 e. The van der Waals surface area contributed by atoms with Crippen LogP contribution in [0.3, 0.4) is 0 Å². The van der Waals surface area contributed by atoms with Gasteiger partial charge in [0, 0.05) is 31.0 Å². The highest BCUT2D eigenvalue weighted by atomic mass is 16.5. The van der Waals surface area contributed by atoms with Gasteiger partial charge in [0.2, 0.25) is 0 Å². The fourth-order valence-electron chi connectivity index (χ4n) is 3.68. The van der Waals surface area contributed by atoms with Crippen molar-refractivity contribution in [1.82, 2.24) is 9.55 Å². The molecule has 1 N–H and O–H groups in total. The summed E-state index contributed by atoms with van der Waals surface area (Å²) in [5.74, 6) is 0.797. The summed E-state index contributed by atoms with van der Waals surface area (Å²) in [6.45, 7) is 7.90. The Kier molecular flexibility index (Phi) is 5.62. The van der Waals surface area contributed by atoms with E-state index in [2.05, 4.69) is 31.9 Å². The first kappa shape index (κ1) is 19.2. The molecule has 3 heterocycles. The van der Waals surface area contributed by atoms with Crippen LogP contribution >= 0.6 is 0 Å². The zero-order valence-electron chi connectivity index (χ0n) is 16.9. The van der Waals surface area contributed by atoms with Crippen molar-refractivity contribution >= 4 is 17.4 Å². The summed E-state index contributed by atoms with van der Waals surface area (Å²) in [4.78, 5) is 19.5. The number of amides is 1. The lowest BCUT2D eigenvalue weighted by Crippen LogP contribution is -2.36. The molecule has 6 nitrogen and oxygen atoms in total. The van der Waals surface area contributed by atoms with E-state index in [1.807, 2.05) is 50.2 Å². The number of carbonyl (C=O) groups excluding carboxylic acids is 1. The van der Waals surface area contributed by atoms with Gasteiger partial charge in [-0.3, -0.25) is 4.79 Å². The summed E-state index contributed by atoms with van der Waals surface area (Å²) >= 11 is 0. The van der Waals surface area contributed by atoms with Crippen LogP contribution in [-0.4, -0.2) is 41.8 Å². The van der Waals surface area contributed by atoms with E-state index in [0.717, 1.165) is 50.1 Å². The van der Waals surface area contributed by atoms with Gasteiger partial charge < -0.3 is 19.5 Å². The molecule has 1 saturated heterocycles. The Hall–Kier alpha value is -3.12. The van der Waals surface area contributed by atoms with E-state index in [1.165, 1.54) is 5.56 Å². The first-order chi connectivity index (χ1) is 14.1. The van der Waals surface area contributed by atoms with E-state index >= 15 is 0 Å². The fraction of sp³-hybridized carbons (Fsp3) is 0.304. The van der Waals surface area contributed by atoms with Crippen molar-refractivity contribution in [3.05, 3.63) is 77.2 Å². The Bertz CT molecular complexity index is 974. The molecule has 1 amide bonds. The maximum absolute atomic E-state index is 12.9. The van der Waals surface area contributed by atoms with Gasteiger partial charge in [0.1, 0.15) is 5.82 Å². The van der Waals surface area contributed by atoms with Gasteiger partial charge in [-0.1, -0.05) is 30.3 Å². The minimum atomic E-state index is -0.113. The minimum absolute atomic E-state index is 0.113. The Labute approximate surface area is 171 Å². The van der Waals surface area contributed by atoms with Crippen LogP contribution in [0.5, 0.6) is 0 Å². The highest BCUT2D eigenvalue weighted by Crippen LogP contribution is 2.20. The SMILES string of the molecule is Cc1cc(C(=O)Nc2ccc(N3CCOCC3)nc2)c(C)n1Cc1ccccc1. The van der Waals surface area contributed by atoms with Crippen LogP contribution in [0.15, 0.2) is 54.7 Å². The van der Waals surface area contributed by atoms with Gasteiger partial charge in [-0.05, 0) is 37.6 Å². The molecule has 0 aliphatic carbocycles. The third kappa shape index (κ3) is 4.32. The van der Waals surface area contributed by atoms with Crippen molar-refractivity contribution in [3.8, 4) is 0 Å². The molecule has 2 aromatic heterocycles. The van der Waals surface area contributed by atoms with Gasteiger partial charge in [0.05, 0.1) is 30.7 Å². The lowest BCUT2D eigenvalue weighted by atomic mass is 10.2. The van der Waals surface area contributed by atoms with Crippen LogP contribution in [0.2, 0.25) is 0 Å². The Morgan fingerprint density at radius 3 is 2.55 bits per heavy atom. The van der Waals surface area contributed by atoms with Crippen molar-refractivity contribution in [2.24, 2.45) is 0 Å². The van der Waals surface area contributed by atoms with Gasteiger partial charge in [-0.25, -0.2) is 4.98 Å². The molecule has 0 unspecified atom stereocenters. The maximum atomic E-state index is 12.9. The topological polar surface area (TPSA) is 59.4 Å². The number of benzene rings is 1. The molecule has 0 spiro atoms. The molecule has 1 aliphatic rings. The van der Waals surface area contributed by atoms with Crippen molar-refractivity contribution < 1.29 is 9.53 Å². The number of nitrogens with one attached hydrogen (secondary N) is 1. The van der Waals surface area contributed by atoms with Gasteiger partial charge >= 0.3 is 0 Å². The molecule has 29 heavy (non-hydrogen) atoms. The predicted octanol–water partition coefficient (Wildman–Crippen LogP) is 3.64. The third-order valence-electron chi connectivity index (χ3n) is 5.34. The molecular formula is C23H26N4O2. The second-order valence-electron chi connectivity index (χ2n) is 7.32. The fourth-order valence-corrected chi connectivity index (χ4v) is 3.68. The van der Waals surface area contributed by atoms with Crippen LogP contribution in [0.25, 0.3) is 0 Å². The molecule has 6 heteroatoms. The molecule has 3 aromatic rings. The van der Waals surface area contributed by atoms with Crippen LogP contribution in [0.4, 0.5) is 11.5 Å². The smallest absolute Gasteiger partial charge is 0.257 e. The second-order valence-corrected chi connectivity index (χ2v) is 7.32. The number of aromatic nitrogens is 2. The zero-order chi connectivity index (χ0) is 20.2. The Morgan fingerprint density at radius 1 is 1.10 bits per heavy atom. The molecule has 4 rings (SSSR count). The summed E-state index contributed by atoms with van der Waals surface area (Å²) in [5, 5.41) is 2.98. The van der Waals surface area contributed by atoms with Gasteiger partial charge in [-0.2, -0.15) is 0 Å². The number of pyridine rings is 1. The second kappa shape index (κ2) is 8.49. The van der Waals surface area contributed by atoms with E-state index in [9.17, 15) is 4.79 Å². The zero-order valence-corrected chi connectivity index (χ0v) is 16.9. The van der Waals surface area contributed by atoms with Gasteiger partial charge in [0.25, 0.3) is 5.91 Å². The largest absolute Gasteiger partial charge is 0.378 e. The van der Waals surface area contributed by atoms with E-state index in [4.69, 9.17) is 4.74 Å². The van der Waals surface area contributed by atoms with Gasteiger partial charge in [-0.15, -0.1) is 0 Å². The summed E-state index contributed by atoms with van der Waals surface area (Å²) < 4.78 is 7.55. The summed E-state index contributed by atoms with van der Waals surface area (Å²) in [6, 6.07) is 16.1. The van der Waals surface area contributed by atoms with Crippen molar-refractivity contribution in [2.45, 2.75) is 20.4 Å². The number of anilines is 2. The lowest BCUT2D eigenvalue weighted by Gasteiger charge is -2.27. The average Bonchev–Trinajstić information content (AvgIpc) is 3.04. The molecule has 1 aromatic carbocycles. The van der Waals surface area contributed by atoms with E-state index in [-0.39, 0.29) is 5.91 Å². The molecule has 150 valence electrons. The highest BCUT2D eigenvalue weighted by molar-refractivity contribution is 6.05. The molecule has 0 saturated carbocycles. The number of rotatable bonds is 5. The Morgan fingerprint density at radius 2 is 1.86 bits per heavy atom. The van der Waals surface area contributed by atoms with Crippen molar-refractivity contribution in [3.63, 3.8) is 0 Å². The first-order valence-electron chi connectivity index (χ1n) is 9.92. The Balaban J connectivity index is 1.46. The van der Waals surface area contributed by atoms with Gasteiger partial charge in [0.15, 0.2) is 0 Å². The monoisotopic (exact) mass is 390 g/mol. The number of nitrogens with zero attached hydrogens (tertiary/aromatic N) is 3. The number of ether oxygens (including phenoxy) is 1. The van der Waals surface area contributed by atoms with Crippen LogP contribution < -0.4 is 10.2 Å². The molecule has 1 aliphatic heterocycles. The highest BCUT2D eigenvalue weighted by Gasteiger charge is 2.17. The summed E-state index contributed by atoms with van der Waals surface area (Å²) in [6.07, 6.45) is 1.71. The summed E-state index contributed by atoms with van der Waals surface area (Å²) in [5.41, 5.74) is 4.62. The number of hydrogen-bond donors (Lipinski definition) is 1. The van der Waals surface area contributed by atoms with Crippen molar-refractivity contribution in [2.75, 3.05) is 36.5 Å². The van der Waals surface area contributed by atoms with E-state index < -0.39 is 0 Å². The summed E-state index contributed by atoms with van der Waals surface area (Å²) in [7, 11) is 0. The molecular weight excluding hydrogens is 364 g/mol. The van der Waals surface area contributed by atoms with Crippen LogP contribution in [0, 0.1) is 13.8 Å². The van der Waals surface area contributed by atoms with Crippen LogP contribution in [-0.2, 0) is 11.3 Å². The third-order valence-corrected chi connectivity index (χ3v) is 5.34. The predicted molar refractivity (Wildman–Crippen MR) is 115 cm³/mol. The standard InChI is InChI=1S/C23H26N4O2/c1-17-14-21(18(2)27(17)16-19-6-4-3-5-7-19)23(28)25-20-8-9-22(24-15-20)26-10-12-29-13-11-26/h3-9,14-15H,10-13,16H2,1-2H3,(H,25,28). The minimum Gasteiger partial charge on any atom is -0.378 e. The number of morpholine rings is 1. The first-order valence-corrected chi connectivity index (χ1v) is 9.92. The average molecular weight is 390 g/mol. The quantitative estimate of drug-likeness (QED) is 0.723.